The largest absolute Gasteiger partial charge is 0.330 e. The van der Waals surface area contributed by atoms with Gasteiger partial charge in [0.25, 0.3) is 0 Å². The second kappa shape index (κ2) is 9.20. The quantitative estimate of drug-likeness (QED) is 0.175. The first-order chi connectivity index (χ1) is 14.0. The van der Waals surface area contributed by atoms with Gasteiger partial charge in [0, 0.05) is 17.4 Å². The van der Waals surface area contributed by atoms with E-state index in [0.717, 1.165) is 5.01 Å². The van der Waals surface area contributed by atoms with Crippen LogP contribution in [0.1, 0.15) is 16.1 Å². The number of pyridine rings is 1. The van der Waals surface area contributed by atoms with Crippen LogP contribution in [0.2, 0.25) is 0 Å². The summed E-state index contributed by atoms with van der Waals surface area (Å²) in [7, 11) is 0. The van der Waals surface area contributed by atoms with Crippen LogP contribution in [0.25, 0.3) is 6.08 Å². The Labute approximate surface area is 167 Å². The number of nitrogens with one attached hydrogen (secondary N) is 1. The van der Waals surface area contributed by atoms with Crippen LogP contribution in [-0.2, 0) is 9.59 Å². The van der Waals surface area contributed by atoms with E-state index >= 15 is 0 Å². The molecule has 3 N–H and O–H groups in total. The molecule has 0 bridgehead atoms. The summed E-state index contributed by atoms with van der Waals surface area (Å²) in [6.07, 6.45) is 4.69. The van der Waals surface area contributed by atoms with Crippen LogP contribution >= 0.6 is 0 Å². The fraction of sp³-hybridized carbons (Fsp3) is 0. The smallest absolute Gasteiger partial charge is 0.318 e. The van der Waals surface area contributed by atoms with Crippen LogP contribution < -0.4 is 16.2 Å². The highest BCUT2D eigenvalue weighted by molar-refractivity contribution is 6.44. The highest BCUT2D eigenvalue weighted by Gasteiger charge is 2.20. The van der Waals surface area contributed by atoms with E-state index in [2.05, 4.69) is 10.3 Å². The summed E-state index contributed by atoms with van der Waals surface area (Å²) in [6.45, 7) is 0. The van der Waals surface area contributed by atoms with Crippen LogP contribution in [0.5, 0.6) is 0 Å². The number of benzene rings is 2. The number of para-hydroxylation sites is 1. The molecule has 3 rings (SSSR count). The zero-order valence-electron chi connectivity index (χ0n) is 15.4. The number of rotatable bonds is 5. The lowest BCUT2D eigenvalue weighted by atomic mass is 10.1. The van der Waals surface area contributed by atoms with E-state index in [4.69, 9.17) is 5.84 Å². The number of hydrogen-bond acceptors (Lipinski definition) is 5. The van der Waals surface area contributed by atoms with Crippen molar-refractivity contribution in [2.75, 3.05) is 10.3 Å². The molecule has 0 aliphatic carbocycles. The van der Waals surface area contributed by atoms with Gasteiger partial charge in [-0.3, -0.25) is 19.4 Å². The number of anilines is 2. The van der Waals surface area contributed by atoms with Crippen molar-refractivity contribution in [2.24, 2.45) is 5.84 Å². The number of amides is 2. The van der Waals surface area contributed by atoms with Crippen molar-refractivity contribution in [1.29, 1.82) is 0 Å². The molecule has 3 aromatic rings. The van der Waals surface area contributed by atoms with Crippen molar-refractivity contribution >= 4 is 35.0 Å². The maximum Gasteiger partial charge on any atom is 0.330 e. The third-order valence-electron chi connectivity index (χ3n) is 3.97. The van der Waals surface area contributed by atoms with Crippen molar-refractivity contribution in [3.8, 4) is 0 Å². The lowest BCUT2D eigenvalue weighted by Crippen LogP contribution is -2.44. The first-order valence-corrected chi connectivity index (χ1v) is 8.73. The van der Waals surface area contributed by atoms with Crippen LogP contribution in [0.15, 0.2) is 85.1 Å². The predicted molar refractivity (Wildman–Crippen MR) is 111 cm³/mol. The van der Waals surface area contributed by atoms with Gasteiger partial charge in [-0.2, -0.15) is 0 Å². The number of allylic oxidation sites excluding steroid dienone is 1. The maximum atomic E-state index is 12.2. The van der Waals surface area contributed by atoms with E-state index in [-0.39, 0.29) is 5.78 Å². The number of carbonyl (C=O) groups is 3. The Balaban J connectivity index is 1.61. The Morgan fingerprint density at radius 3 is 2.24 bits per heavy atom. The Morgan fingerprint density at radius 2 is 1.59 bits per heavy atom. The molecule has 0 saturated heterocycles. The van der Waals surface area contributed by atoms with E-state index in [1.54, 1.807) is 66.9 Å². The number of nitrogens with zero attached hydrogens (tertiary/aromatic N) is 2. The molecule has 29 heavy (non-hydrogen) atoms. The Bertz CT molecular complexity index is 1030. The van der Waals surface area contributed by atoms with Crippen molar-refractivity contribution < 1.29 is 14.4 Å². The molecular formula is C22H18N4O3. The standard InChI is InChI=1S/C22H18N4O3/c23-26(19-7-2-1-3-8-19)22(29)21(28)25-18-11-9-16(10-12-18)20(27)14-13-17-6-4-5-15-24-17/h1-15H,23H2,(H,25,28). The minimum absolute atomic E-state index is 0.207. The molecule has 2 aromatic carbocycles. The minimum Gasteiger partial charge on any atom is -0.318 e. The monoisotopic (exact) mass is 386 g/mol. The van der Waals surface area contributed by atoms with E-state index in [1.165, 1.54) is 18.2 Å². The SMILES string of the molecule is NN(C(=O)C(=O)Nc1ccc(C(=O)C=Cc2ccccn2)cc1)c1ccccc1. The zero-order chi connectivity index (χ0) is 20.6. The van der Waals surface area contributed by atoms with Crippen molar-refractivity contribution in [3.63, 3.8) is 0 Å². The molecule has 0 unspecified atom stereocenters. The van der Waals surface area contributed by atoms with Crippen LogP contribution in [0, 0.1) is 0 Å². The maximum absolute atomic E-state index is 12.2. The number of carbonyl (C=O) groups excluding carboxylic acids is 3. The predicted octanol–water partition coefficient (Wildman–Crippen LogP) is 2.82. The Morgan fingerprint density at radius 1 is 0.897 bits per heavy atom. The molecule has 1 aromatic heterocycles. The van der Waals surface area contributed by atoms with Crippen molar-refractivity contribution in [2.45, 2.75) is 0 Å². The summed E-state index contributed by atoms with van der Waals surface area (Å²) >= 11 is 0. The van der Waals surface area contributed by atoms with Gasteiger partial charge in [-0.25, -0.2) is 10.9 Å². The van der Waals surface area contributed by atoms with Crippen LogP contribution in [0.4, 0.5) is 11.4 Å². The molecule has 2 amide bonds. The van der Waals surface area contributed by atoms with Gasteiger partial charge in [-0.05, 0) is 60.7 Å². The average molecular weight is 386 g/mol. The van der Waals surface area contributed by atoms with Gasteiger partial charge < -0.3 is 5.32 Å². The Hall–Kier alpha value is -4.10. The summed E-state index contributed by atoms with van der Waals surface area (Å²) in [5.41, 5.74) is 1.88. The third-order valence-corrected chi connectivity index (χ3v) is 3.97. The number of ketones is 1. The average Bonchev–Trinajstić information content (AvgIpc) is 2.78. The summed E-state index contributed by atoms with van der Waals surface area (Å²) in [6, 6.07) is 20.0. The van der Waals surface area contributed by atoms with Gasteiger partial charge in [0.1, 0.15) is 0 Å². The number of nitrogens with two attached hydrogens (primary N) is 1. The first-order valence-electron chi connectivity index (χ1n) is 8.73. The van der Waals surface area contributed by atoms with E-state index in [9.17, 15) is 14.4 Å². The highest BCUT2D eigenvalue weighted by atomic mass is 16.2. The van der Waals surface area contributed by atoms with Gasteiger partial charge in [0.05, 0.1) is 11.4 Å². The van der Waals surface area contributed by atoms with Gasteiger partial charge in [0.15, 0.2) is 5.78 Å². The third kappa shape index (κ3) is 5.21. The second-order valence-electron chi connectivity index (χ2n) is 5.99. The highest BCUT2D eigenvalue weighted by Crippen LogP contribution is 2.13. The molecule has 7 nitrogen and oxygen atoms in total. The number of aromatic nitrogens is 1. The lowest BCUT2D eigenvalue weighted by Gasteiger charge is -2.16. The molecule has 0 radical (unpaired) electrons. The number of hydrazine groups is 1. The van der Waals surface area contributed by atoms with Crippen molar-refractivity contribution in [1.82, 2.24) is 4.98 Å². The summed E-state index contributed by atoms with van der Waals surface area (Å²) in [5, 5.41) is 3.24. The van der Waals surface area contributed by atoms with E-state index < -0.39 is 11.8 Å². The minimum atomic E-state index is -0.908. The molecule has 0 saturated carbocycles. The second-order valence-corrected chi connectivity index (χ2v) is 5.99. The molecule has 0 atom stereocenters. The molecule has 7 heteroatoms. The van der Waals surface area contributed by atoms with Gasteiger partial charge >= 0.3 is 11.8 Å². The Kier molecular flexibility index (Phi) is 6.24. The fourth-order valence-electron chi connectivity index (χ4n) is 2.45. The molecule has 1 heterocycles. The molecule has 0 fully saturated rings. The molecule has 0 spiro atoms. The lowest BCUT2D eigenvalue weighted by molar-refractivity contribution is -0.134. The summed E-state index contributed by atoms with van der Waals surface area (Å²) < 4.78 is 0. The first kappa shape index (κ1) is 19.7. The molecule has 144 valence electrons. The van der Waals surface area contributed by atoms with E-state index in [0.29, 0.717) is 22.6 Å². The normalized spacial score (nSPS) is 10.5. The fourth-order valence-corrected chi connectivity index (χ4v) is 2.45. The van der Waals surface area contributed by atoms with E-state index in [1.807, 2.05) is 6.07 Å². The van der Waals surface area contributed by atoms with Gasteiger partial charge in [-0.1, -0.05) is 24.3 Å². The van der Waals surface area contributed by atoms with Gasteiger partial charge in [-0.15, -0.1) is 0 Å². The number of hydrogen-bond donors (Lipinski definition) is 2. The van der Waals surface area contributed by atoms with Crippen LogP contribution in [0.3, 0.4) is 0 Å². The summed E-state index contributed by atoms with van der Waals surface area (Å²) in [5.74, 6) is 3.71. The van der Waals surface area contributed by atoms with Crippen molar-refractivity contribution in [3.05, 3.63) is 96.3 Å². The van der Waals surface area contributed by atoms with Gasteiger partial charge in [0.2, 0.25) is 0 Å². The molecule has 0 aliphatic heterocycles. The zero-order valence-corrected chi connectivity index (χ0v) is 15.4. The molecular weight excluding hydrogens is 368 g/mol. The molecule has 0 aliphatic rings. The summed E-state index contributed by atoms with van der Waals surface area (Å²) in [4.78, 5) is 40.6. The topological polar surface area (TPSA) is 105 Å². The van der Waals surface area contributed by atoms with Crippen LogP contribution in [-0.4, -0.2) is 22.6 Å².